The Bertz CT molecular complexity index is 1050. The first-order valence-corrected chi connectivity index (χ1v) is 11.1. The molecule has 0 saturated carbocycles. The zero-order chi connectivity index (χ0) is 22.2. The molecule has 3 heterocycles. The van der Waals surface area contributed by atoms with Gasteiger partial charge in [0.05, 0.1) is 18.9 Å². The largest absolute Gasteiger partial charge is 0.378 e. The van der Waals surface area contributed by atoms with Gasteiger partial charge in [0, 0.05) is 36.6 Å². The molecule has 5 nitrogen and oxygen atoms in total. The third kappa shape index (κ3) is 4.33. The Kier molecular flexibility index (Phi) is 5.82. The van der Waals surface area contributed by atoms with E-state index in [0.717, 1.165) is 55.0 Å². The highest BCUT2D eigenvalue weighted by Gasteiger charge is 2.33. The van der Waals surface area contributed by atoms with Gasteiger partial charge in [0.25, 0.3) is 0 Å². The van der Waals surface area contributed by atoms with E-state index in [1.54, 1.807) is 0 Å². The average Bonchev–Trinajstić information content (AvgIpc) is 3.11. The Morgan fingerprint density at radius 3 is 2.39 bits per heavy atom. The summed E-state index contributed by atoms with van der Waals surface area (Å²) >= 11 is 0. The van der Waals surface area contributed by atoms with Crippen LogP contribution in [0.2, 0.25) is 6.32 Å². The van der Waals surface area contributed by atoms with Crippen LogP contribution < -0.4 is 10.5 Å². The summed E-state index contributed by atoms with van der Waals surface area (Å²) in [5.41, 5.74) is 4.18. The summed E-state index contributed by atoms with van der Waals surface area (Å²) < 4.78 is 21.3. The second kappa shape index (κ2) is 8.27. The molecule has 0 atom stereocenters. The zero-order valence-corrected chi connectivity index (χ0v) is 19.3. The molecular formula is C24H32BFN4O. The fourth-order valence-corrected chi connectivity index (χ4v) is 3.89. The van der Waals surface area contributed by atoms with Crippen LogP contribution in [-0.4, -0.2) is 48.0 Å². The lowest BCUT2D eigenvalue weighted by Crippen LogP contribution is -2.37. The molecule has 2 aromatic heterocycles. The molecule has 1 fully saturated rings. The van der Waals surface area contributed by atoms with E-state index in [1.165, 1.54) is 12.1 Å². The first-order valence-electron chi connectivity index (χ1n) is 11.1. The van der Waals surface area contributed by atoms with E-state index >= 15 is 0 Å². The molecule has 1 aliphatic rings. The molecule has 0 aliphatic carbocycles. The summed E-state index contributed by atoms with van der Waals surface area (Å²) in [5.74, 6) is 0.647. The van der Waals surface area contributed by atoms with Crippen molar-refractivity contribution in [3.8, 4) is 11.3 Å². The third-order valence-electron chi connectivity index (χ3n) is 7.07. The van der Waals surface area contributed by atoms with E-state index in [1.807, 2.05) is 24.5 Å². The van der Waals surface area contributed by atoms with Crippen molar-refractivity contribution in [1.82, 2.24) is 14.4 Å². The quantitative estimate of drug-likeness (QED) is 0.585. The van der Waals surface area contributed by atoms with Crippen molar-refractivity contribution in [1.29, 1.82) is 0 Å². The minimum atomic E-state index is -0.237. The maximum Gasteiger partial charge on any atom is 0.183 e. The lowest BCUT2D eigenvalue weighted by atomic mass is 9.54. The number of benzene rings is 1. The Morgan fingerprint density at radius 1 is 1.06 bits per heavy atom. The van der Waals surface area contributed by atoms with Crippen LogP contribution in [0.1, 0.15) is 34.6 Å². The number of ether oxygens (including phenoxy) is 1. The van der Waals surface area contributed by atoms with E-state index < -0.39 is 0 Å². The predicted molar refractivity (Wildman–Crippen MR) is 126 cm³/mol. The van der Waals surface area contributed by atoms with Gasteiger partial charge >= 0.3 is 0 Å². The number of fused-ring (bicyclic) bond motifs is 1. The maximum atomic E-state index is 13.6. The second-order valence-corrected chi connectivity index (χ2v) is 10.1. The number of halogens is 1. The normalized spacial score (nSPS) is 15.5. The number of rotatable bonds is 5. The highest BCUT2D eigenvalue weighted by atomic mass is 19.1. The van der Waals surface area contributed by atoms with Gasteiger partial charge in [-0.2, -0.15) is 0 Å². The van der Waals surface area contributed by atoms with Crippen molar-refractivity contribution in [2.75, 3.05) is 31.2 Å². The summed E-state index contributed by atoms with van der Waals surface area (Å²) in [6.07, 6.45) is 4.87. The van der Waals surface area contributed by atoms with Crippen molar-refractivity contribution < 1.29 is 9.13 Å². The Labute approximate surface area is 184 Å². The number of imidazole rings is 1. The van der Waals surface area contributed by atoms with Crippen LogP contribution in [0.5, 0.6) is 0 Å². The molecule has 1 aromatic carbocycles. The van der Waals surface area contributed by atoms with E-state index in [-0.39, 0.29) is 16.6 Å². The molecule has 4 rings (SSSR count). The molecule has 0 radical (unpaired) electrons. The van der Waals surface area contributed by atoms with E-state index in [4.69, 9.17) is 9.72 Å². The van der Waals surface area contributed by atoms with Gasteiger partial charge in [-0.15, -0.1) is 0 Å². The van der Waals surface area contributed by atoms with Gasteiger partial charge in [0.2, 0.25) is 0 Å². The van der Waals surface area contributed by atoms with Crippen molar-refractivity contribution in [3.63, 3.8) is 0 Å². The SMILES string of the molecule is CC(C)(C)C(C)(C)CBc1c(-c2ccc(F)cc2)nc2c(N3CCOCC3)nccn12. The van der Waals surface area contributed by atoms with Gasteiger partial charge in [-0.1, -0.05) is 40.9 Å². The Hall–Kier alpha value is -2.41. The summed E-state index contributed by atoms with van der Waals surface area (Å²) in [4.78, 5) is 12.0. The smallest absolute Gasteiger partial charge is 0.183 e. The molecule has 0 N–H and O–H groups in total. The second-order valence-electron chi connectivity index (χ2n) is 10.1. The lowest BCUT2D eigenvalue weighted by Gasteiger charge is -2.39. The van der Waals surface area contributed by atoms with Gasteiger partial charge < -0.3 is 14.0 Å². The Morgan fingerprint density at radius 2 is 1.74 bits per heavy atom. The Balaban J connectivity index is 1.81. The molecule has 0 bridgehead atoms. The minimum Gasteiger partial charge on any atom is -0.378 e. The van der Waals surface area contributed by atoms with E-state index in [2.05, 4.69) is 48.9 Å². The molecule has 31 heavy (non-hydrogen) atoms. The van der Waals surface area contributed by atoms with E-state index in [0.29, 0.717) is 13.2 Å². The summed E-state index contributed by atoms with van der Waals surface area (Å²) in [7, 11) is 0.880. The van der Waals surface area contributed by atoms with Crippen LogP contribution in [0, 0.1) is 16.6 Å². The number of morpholine rings is 1. The third-order valence-corrected chi connectivity index (χ3v) is 7.07. The molecule has 7 heteroatoms. The number of hydrogen-bond acceptors (Lipinski definition) is 4. The number of anilines is 1. The molecular weight excluding hydrogens is 390 g/mol. The number of nitrogens with zero attached hydrogens (tertiary/aromatic N) is 4. The fraction of sp³-hybridized carbons (Fsp3) is 0.500. The highest BCUT2D eigenvalue weighted by Crippen LogP contribution is 2.41. The van der Waals surface area contributed by atoms with Crippen LogP contribution in [0.15, 0.2) is 36.7 Å². The monoisotopic (exact) mass is 422 g/mol. The van der Waals surface area contributed by atoms with Gasteiger partial charge in [-0.05, 0) is 35.1 Å². The van der Waals surface area contributed by atoms with Gasteiger partial charge in [0.15, 0.2) is 18.7 Å². The topological polar surface area (TPSA) is 42.7 Å². The van der Waals surface area contributed by atoms with Crippen LogP contribution in [-0.2, 0) is 4.74 Å². The summed E-state index contributed by atoms with van der Waals surface area (Å²) in [6.45, 7) is 14.5. The standard InChI is InChI=1S/C24H32BFN4O/c1-23(2,3)24(4,5)16-25-20-19(17-6-8-18(26)9-7-17)28-22-21(27-10-11-30(20)22)29-12-14-31-15-13-29/h6-11,25H,12-16H2,1-5H3. The lowest BCUT2D eigenvalue weighted by molar-refractivity contribution is 0.122. The molecule has 0 spiro atoms. The molecule has 1 saturated heterocycles. The maximum absolute atomic E-state index is 13.6. The first-order chi connectivity index (χ1) is 14.7. The van der Waals surface area contributed by atoms with E-state index in [9.17, 15) is 4.39 Å². The molecule has 0 amide bonds. The molecule has 0 unspecified atom stereocenters. The fourth-order valence-electron chi connectivity index (χ4n) is 3.89. The zero-order valence-electron chi connectivity index (χ0n) is 19.3. The van der Waals surface area contributed by atoms with Crippen LogP contribution in [0.25, 0.3) is 16.9 Å². The van der Waals surface area contributed by atoms with Gasteiger partial charge in [0.1, 0.15) is 5.82 Å². The van der Waals surface area contributed by atoms with Crippen molar-refractivity contribution in [2.45, 2.75) is 40.9 Å². The first kappa shape index (κ1) is 21.8. The van der Waals surface area contributed by atoms with Crippen molar-refractivity contribution >= 4 is 24.3 Å². The highest BCUT2D eigenvalue weighted by molar-refractivity contribution is 6.54. The van der Waals surface area contributed by atoms with Gasteiger partial charge in [-0.25, -0.2) is 14.4 Å². The van der Waals surface area contributed by atoms with Crippen LogP contribution >= 0.6 is 0 Å². The van der Waals surface area contributed by atoms with Crippen LogP contribution in [0.3, 0.4) is 0 Å². The van der Waals surface area contributed by atoms with Crippen molar-refractivity contribution in [3.05, 3.63) is 42.5 Å². The van der Waals surface area contributed by atoms with Gasteiger partial charge in [-0.3, -0.25) is 0 Å². The summed E-state index contributed by atoms with van der Waals surface area (Å²) in [5, 5.41) is 0. The van der Waals surface area contributed by atoms with Crippen molar-refractivity contribution in [2.24, 2.45) is 10.8 Å². The predicted octanol–water partition coefficient (Wildman–Crippen LogP) is 3.92. The number of aromatic nitrogens is 3. The minimum absolute atomic E-state index is 0.150. The van der Waals surface area contributed by atoms with Crippen LogP contribution in [0.4, 0.5) is 10.2 Å². The number of hydrogen-bond donors (Lipinski definition) is 0. The molecule has 3 aromatic rings. The summed E-state index contributed by atoms with van der Waals surface area (Å²) in [6, 6.07) is 6.64. The molecule has 1 aliphatic heterocycles. The molecule has 164 valence electrons. The average molecular weight is 422 g/mol.